The van der Waals surface area contributed by atoms with Crippen molar-refractivity contribution >= 4 is 39.8 Å². The lowest BCUT2D eigenvalue weighted by molar-refractivity contribution is 0.493. The van der Waals surface area contributed by atoms with E-state index in [9.17, 15) is 8.42 Å². The number of nitrogens with zero attached hydrogens (tertiary/aromatic N) is 1. The summed E-state index contributed by atoms with van der Waals surface area (Å²) in [6.07, 6.45) is 3.41. The number of hydrogen-bond acceptors (Lipinski definition) is 3. The summed E-state index contributed by atoms with van der Waals surface area (Å²) >= 11 is 0. The lowest BCUT2D eigenvalue weighted by atomic mass is 10.0. The van der Waals surface area contributed by atoms with Crippen LogP contribution in [0, 0.1) is 5.92 Å². The van der Waals surface area contributed by atoms with Crippen molar-refractivity contribution in [3.05, 3.63) is 0 Å². The molecule has 0 aliphatic heterocycles. The second kappa shape index (κ2) is 11.6. The lowest BCUT2D eigenvalue weighted by Gasteiger charge is -2.15. The molecule has 0 fully saturated rings. The summed E-state index contributed by atoms with van der Waals surface area (Å²) in [5.74, 6) is 1.27. The summed E-state index contributed by atoms with van der Waals surface area (Å²) in [4.78, 5) is 4.04. The molecule has 1 unspecified atom stereocenters. The Kier molecular flexibility index (Phi) is 12.9. The first-order valence-corrected chi connectivity index (χ1v) is 8.85. The summed E-state index contributed by atoms with van der Waals surface area (Å²) < 4.78 is 22.6. The number of halogens is 1. The summed E-state index contributed by atoms with van der Waals surface area (Å²) in [5, 5.41) is 3.09. The molecule has 0 saturated carbocycles. The van der Waals surface area contributed by atoms with E-state index < -0.39 is 9.84 Å². The quantitative estimate of drug-likeness (QED) is 0.341. The van der Waals surface area contributed by atoms with Crippen LogP contribution in [0.5, 0.6) is 0 Å². The van der Waals surface area contributed by atoms with Gasteiger partial charge in [-0.25, -0.2) is 8.42 Å². The smallest absolute Gasteiger partial charge is 0.188 e. The van der Waals surface area contributed by atoms with Gasteiger partial charge in [-0.2, -0.15) is 0 Å². The molecular formula is C13H30IN3O2S. The minimum atomic E-state index is -2.96. The van der Waals surface area contributed by atoms with Crippen molar-refractivity contribution in [1.82, 2.24) is 5.32 Å². The number of aliphatic imine (C=N–C) groups is 1. The van der Waals surface area contributed by atoms with Gasteiger partial charge >= 0.3 is 0 Å². The molecule has 0 heterocycles. The summed E-state index contributed by atoms with van der Waals surface area (Å²) in [7, 11) is -2.96. The molecule has 5 nitrogen and oxygen atoms in total. The van der Waals surface area contributed by atoms with E-state index in [1.165, 1.54) is 6.42 Å². The average molecular weight is 419 g/mol. The fourth-order valence-electron chi connectivity index (χ4n) is 1.65. The van der Waals surface area contributed by atoms with Gasteiger partial charge in [0.25, 0.3) is 0 Å². The van der Waals surface area contributed by atoms with Crippen molar-refractivity contribution < 1.29 is 8.42 Å². The monoisotopic (exact) mass is 419 g/mol. The molecule has 0 amide bonds. The van der Waals surface area contributed by atoms with E-state index in [0.717, 1.165) is 18.8 Å². The molecule has 0 aliphatic carbocycles. The largest absolute Gasteiger partial charge is 0.370 e. The average Bonchev–Trinajstić information content (AvgIpc) is 2.28. The van der Waals surface area contributed by atoms with Gasteiger partial charge in [-0.05, 0) is 19.3 Å². The first-order chi connectivity index (χ1) is 8.76. The minimum absolute atomic E-state index is 0. The van der Waals surface area contributed by atoms with Gasteiger partial charge in [-0.3, -0.25) is 4.99 Å². The van der Waals surface area contributed by atoms with Crippen LogP contribution in [-0.2, 0) is 9.84 Å². The summed E-state index contributed by atoms with van der Waals surface area (Å²) in [5.41, 5.74) is 5.72. The van der Waals surface area contributed by atoms with Crippen LogP contribution < -0.4 is 11.1 Å². The molecule has 0 aromatic rings. The van der Waals surface area contributed by atoms with Gasteiger partial charge in [0.05, 0.1) is 12.3 Å². The Morgan fingerprint density at radius 3 is 2.35 bits per heavy atom. The predicted octanol–water partition coefficient (Wildman–Crippen LogP) is 2.16. The third-order valence-corrected chi connectivity index (χ3v) is 4.62. The van der Waals surface area contributed by atoms with Crippen LogP contribution in [-0.4, -0.2) is 38.5 Å². The molecule has 0 aliphatic rings. The van der Waals surface area contributed by atoms with Crippen molar-refractivity contribution in [3.8, 4) is 0 Å². The zero-order valence-corrected chi connectivity index (χ0v) is 16.2. The van der Waals surface area contributed by atoms with Gasteiger partial charge in [0.15, 0.2) is 15.8 Å². The Morgan fingerprint density at radius 2 is 1.85 bits per heavy atom. The second-order valence-corrected chi connectivity index (χ2v) is 7.85. The highest BCUT2D eigenvalue weighted by atomic mass is 127. The van der Waals surface area contributed by atoms with Crippen molar-refractivity contribution in [2.45, 2.75) is 53.0 Å². The number of rotatable bonds is 9. The molecule has 20 heavy (non-hydrogen) atoms. The van der Waals surface area contributed by atoms with Gasteiger partial charge in [-0.1, -0.05) is 33.6 Å². The van der Waals surface area contributed by atoms with Crippen LogP contribution in [0.15, 0.2) is 4.99 Å². The third-order valence-electron chi connectivity index (χ3n) is 2.94. The highest BCUT2D eigenvalue weighted by Gasteiger charge is 2.07. The molecule has 0 radical (unpaired) electrons. The molecule has 0 spiro atoms. The molecule has 0 saturated heterocycles. The highest BCUT2D eigenvalue weighted by molar-refractivity contribution is 14.0. The second-order valence-electron chi connectivity index (χ2n) is 5.37. The van der Waals surface area contributed by atoms with E-state index in [0.29, 0.717) is 5.96 Å². The van der Waals surface area contributed by atoms with Gasteiger partial charge in [0.1, 0.15) is 0 Å². The Labute approximate surface area is 141 Å². The zero-order valence-electron chi connectivity index (χ0n) is 13.1. The van der Waals surface area contributed by atoms with E-state index >= 15 is 0 Å². The van der Waals surface area contributed by atoms with Crippen LogP contribution >= 0.6 is 24.0 Å². The van der Waals surface area contributed by atoms with E-state index in [4.69, 9.17) is 5.73 Å². The number of hydrogen-bond donors (Lipinski definition) is 2. The third kappa shape index (κ3) is 13.0. The van der Waals surface area contributed by atoms with Crippen LogP contribution in [0.4, 0.5) is 0 Å². The lowest BCUT2D eigenvalue weighted by Crippen LogP contribution is -2.38. The maximum absolute atomic E-state index is 11.3. The topological polar surface area (TPSA) is 84.5 Å². The standard InChI is InChI=1S/C13H29N3O2S.HI/c1-5-19(17,18)10-9-15-13(14)16-12(4)8-6-7-11(2)3;/h11-12H,5-10H2,1-4H3,(H3,14,15,16);1H. The number of guanidine groups is 1. The van der Waals surface area contributed by atoms with Gasteiger partial charge in [0, 0.05) is 11.8 Å². The molecule has 0 aromatic heterocycles. The van der Waals surface area contributed by atoms with Gasteiger partial charge in [-0.15, -0.1) is 24.0 Å². The van der Waals surface area contributed by atoms with Gasteiger partial charge in [0.2, 0.25) is 0 Å². The summed E-state index contributed by atoms with van der Waals surface area (Å²) in [6.45, 7) is 8.35. The predicted molar refractivity (Wildman–Crippen MR) is 97.5 cm³/mol. The van der Waals surface area contributed by atoms with E-state index in [2.05, 4.69) is 31.1 Å². The van der Waals surface area contributed by atoms with Crippen LogP contribution in [0.1, 0.15) is 47.0 Å². The van der Waals surface area contributed by atoms with Crippen LogP contribution in [0.25, 0.3) is 0 Å². The molecule has 0 aromatic carbocycles. The molecule has 0 rings (SSSR count). The first-order valence-electron chi connectivity index (χ1n) is 7.03. The molecule has 1 atom stereocenters. The maximum atomic E-state index is 11.3. The van der Waals surface area contributed by atoms with Crippen molar-refractivity contribution in [2.75, 3.05) is 18.1 Å². The Hall–Kier alpha value is -0.0500. The Bertz CT molecular complexity index is 370. The molecule has 0 bridgehead atoms. The minimum Gasteiger partial charge on any atom is -0.370 e. The Balaban J connectivity index is 0. The van der Waals surface area contributed by atoms with Crippen LogP contribution in [0.2, 0.25) is 0 Å². The fourth-order valence-corrected chi connectivity index (χ4v) is 2.31. The Morgan fingerprint density at radius 1 is 1.25 bits per heavy atom. The maximum Gasteiger partial charge on any atom is 0.188 e. The highest BCUT2D eigenvalue weighted by Crippen LogP contribution is 2.07. The number of nitrogens with one attached hydrogen (secondary N) is 1. The normalized spacial score (nSPS) is 13.9. The molecule has 7 heteroatoms. The number of nitrogens with two attached hydrogens (primary N) is 1. The van der Waals surface area contributed by atoms with E-state index in [1.807, 2.05) is 0 Å². The van der Waals surface area contributed by atoms with Crippen molar-refractivity contribution in [2.24, 2.45) is 16.6 Å². The molecule has 122 valence electrons. The SMILES string of the molecule is CCS(=O)(=O)CCN=C(N)NC(C)CCCC(C)C.I. The van der Waals surface area contributed by atoms with Crippen LogP contribution in [0.3, 0.4) is 0 Å². The first kappa shape index (κ1) is 22.2. The van der Waals surface area contributed by atoms with Crippen molar-refractivity contribution in [1.29, 1.82) is 0 Å². The molecule has 3 N–H and O–H groups in total. The summed E-state index contributed by atoms with van der Waals surface area (Å²) in [6, 6.07) is 0.269. The van der Waals surface area contributed by atoms with E-state index in [1.54, 1.807) is 6.92 Å². The zero-order chi connectivity index (χ0) is 14.9. The van der Waals surface area contributed by atoms with E-state index in [-0.39, 0.29) is 48.1 Å². The van der Waals surface area contributed by atoms with Crippen molar-refractivity contribution in [3.63, 3.8) is 0 Å². The fraction of sp³-hybridized carbons (Fsp3) is 0.923. The van der Waals surface area contributed by atoms with Gasteiger partial charge < -0.3 is 11.1 Å². The molecular weight excluding hydrogens is 389 g/mol. The number of sulfone groups is 1.